The molecule has 0 saturated carbocycles. The van der Waals surface area contributed by atoms with Gasteiger partial charge >= 0.3 is 0 Å². The molecule has 12 heteroatoms. The highest BCUT2D eigenvalue weighted by Gasteiger charge is 2.30. The topological polar surface area (TPSA) is 99.9 Å². The van der Waals surface area contributed by atoms with E-state index >= 15 is 0 Å². The lowest BCUT2D eigenvalue weighted by Gasteiger charge is -2.29. The maximum atomic E-state index is 12.5. The van der Waals surface area contributed by atoms with E-state index in [2.05, 4.69) is 34.2 Å². The van der Waals surface area contributed by atoms with E-state index in [1.54, 1.807) is 6.07 Å². The summed E-state index contributed by atoms with van der Waals surface area (Å²) in [6.07, 6.45) is 1.10. The Balaban J connectivity index is 1.19. The van der Waals surface area contributed by atoms with Gasteiger partial charge in [0.2, 0.25) is 10.0 Å². The van der Waals surface area contributed by atoms with Crippen LogP contribution in [0.2, 0.25) is 10.0 Å². The number of aliphatic hydroxyl groups is 1. The number of halogens is 2. The van der Waals surface area contributed by atoms with Crippen LogP contribution in [0.1, 0.15) is 33.5 Å². The van der Waals surface area contributed by atoms with Crippen molar-refractivity contribution < 1.29 is 18.3 Å². The third kappa shape index (κ3) is 8.86. The summed E-state index contributed by atoms with van der Waals surface area (Å²) >= 11 is 12.6. The summed E-state index contributed by atoms with van der Waals surface area (Å²) in [4.78, 5) is 2.19. The molecule has 2 aliphatic rings. The van der Waals surface area contributed by atoms with E-state index in [0.29, 0.717) is 55.5 Å². The predicted molar refractivity (Wildman–Crippen MR) is 189 cm³/mol. The summed E-state index contributed by atoms with van der Waals surface area (Å²) in [6, 6.07) is 21.5. The lowest BCUT2D eigenvalue weighted by Crippen LogP contribution is -2.42. The van der Waals surface area contributed by atoms with E-state index in [1.807, 2.05) is 53.2 Å². The standard InChI is InChI=1S/C36H39Cl2N5O4S/c1-48(45,46)42-15-14-35-33(25-42)36(40-43(35)24-32(44)23-41-16-18-47-19-17-41)30-10-13-34(38)29(20-30)9-6-26-2-4-27(5-3-26)21-39-22-28-7-11-31(37)12-8-28/h2-5,7-8,10-13,20,32,39,44H,14-19,21-25H2,1H3. The molecule has 0 bridgehead atoms. The molecular weight excluding hydrogens is 669 g/mol. The minimum absolute atomic E-state index is 0.216. The zero-order chi connectivity index (χ0) is 33.7. The molecule has 4 aromatic rings. The second kappa shape index (κ2) is 15.5. The molecule has 252 valence electrons. The fourth-order valence-electron chi connectivity index (χ4n) is 6.04. The van der Waals surface area contributed by atoms with Crippen molar-refractivity contribution in [3.8, 4) is 23.1 Å². The molecule has 0 radical (unpaired) electrons. The number of benzene rings is 3. The van der Waals surface area contributed by atoms with Gasteiger partial charge in [0.05, 0.1) is 42.8 Å². The summed E-state index contributed by atoms with van der Waals surface area (Å²) in [5.74, 6) is 6.45. The molecule has 9 nitrogen and oxygen atoms in total. The van der Waals surface area contributed by atoms with E-state index in [0.717, 1.165) is 59.1 Å². The lowest BCUT2D eigenvalue weighted by molar-refractivity contribution is 0.0106. The molecule has 1 aromatic heterocycles. The fraction of sp³-hybridized carbons (Fsp3) is 0.361. The lowest BCUT2D eigenvalue weighted by atomic mass is 10.0. The zero-order valence-electron chi connectivity index (χ0n) is 26.8. The minimum atomic E-state index is -3.40. The molecule has 48 heavy (non-hydrogen) atoms. The van der Waals surface area contributed by atoms with Crippen LogP contribution in [0.5, 0.6) is 0 Å². The van der Waals surface area contributed by atoms with Gasteiger partial charge < -0.3 is 15.2 Å². The number of hydrogen-bond acceptors (Lipinski definition) is 7. The Hall–Kier alpha value is -3.24. The average Bonchev–Trinajstić information content (AvgIpc) is 3.43. The second-order valence-electron chi connectivity index (χ2n) is 12.2. The largest absolute Gasteiger partial charge is 0.390 e. The number of aromatic nitrogens is 2. The van der Waals surface area contributed by atoms with Gasteiger partial charge in [0, 0.05) is 85.2 Å². The SMILES string of the molecule is CS(=O)(=O)N1CCc2c(c(-c3ccc(Cl)c(C#Cc4ccc(CNCc5ccc(Cl)cc5)cc4)c3)nn2CC(O)CN2CCOCC2)C1. The Morgan fingerprint density at radius 1 is 0.938 bits per heavy atom. The summed E-state index contributed by atoms with van der Waals surface area (Å²) in [5.41, 5.74) is 7.07. The first kappa shape index (κ1) is 34.6. The summed E-state index contributed by atoms with van der Waals surface area (Å²) in [7, 11) is -3.40. The molecule has 1 unspecified atom stereocenters. The van der Waals surface area contributed by atoms with Crippen molar-refractivity contribution in [1.29, 1.82) is 0 Å². The number of nitrogens with zero attached hydrogens (tertiary/aromatic N) is 4. The number of ether oxygens (including phenoxy) is 1. The number of sulfonamides is 1. The van der Waals surface area contributed by atoms with Crippen molar-refractivity contribution in [2.24, 2.45) is 0 Å². The zero-order valence-corrected chi connectivity index (χ0v) is 29.2. The van der Waals surface area contributed by atoms with Gasteiger partial charge in [0.15, 0.2) is 0 Å². The van der Waals surface area contributed by atoms with Gasteiger partial charge in [-0.25, -0.2) is 8.42 Å². The van der Waals surface area contributed by atoms with Crippen molar-refractivity contribution in [2.75, 3.05) is 45.6 Å². The van der Waals surface area contributed by atoms with Crippen LogP contribution in [-0.4, -0.2) is 84.3 Å². The van der Waals surface area contributed by atoms with Crippen LogP contribution in [0.3, 0.4) is 0 Å². The maximum absolute atomic E-state index is 12.5. The Morgan fingerprint density at radius 3 is 2.31 bits per heavy atom. The van der Waals surface area contributed by atoms with E-state index in [1.165, 1.54) is 16.1 Å². The number of nitrogens with one attached hydrogen (secondary N) is 1. The summed E-state index contributed by atoms with van der Waals surface area (Å²) in [5, 5.41) is 20.6. The van der Waals surface area contributed by atoms with Gasteiger partial charge in [-0.15, -0.1) is 0 Å². The molecule has 6 rings (SSSR count). The quantitative estimate of drug-likeness (QED) is 0.233. The maximum Gasteiger partial charge on any atom is 0.211 e. The van der Waals surface area contributed by atoms with Gasteiger partial charge in [0.1, 0.15) is 0 Å². The molecule has 0 aliphatic carbocycles. The van der Waals surface area contributed by atoms with Crippen LogP contribution in [0.15, 0.2) is 66.7 Å². The molecule has 2 N–H and O–H groups in total. The van der Waals surface area contributed by atoms with Crippen LogP contribution in [0.25, 0.3) is 11.3 Å². The fourth-order valence-corrected chi connectivity index (χ4v) is 7.12. The molecule has 3 heterocycles. The Morgan fingerprint density at radius 2 is 1.62 bits per heavy atom. The van der Waals surface area contributed by atoms with Crippen molar-refractivity contribution in [3.63, 3.8) is 0 Å². The van der Waals surface area contributed by atoms with Gasteiger partial charge in [0.25, 0.3) is 0 Å². The monoisotopic (exact) mass is 707 g/mol. The van der Waals surface area contributed by atoms with Crippen LogP contribution < -0.4 is 5.32 Å². The molecule has 0 amide bonds. The van der Waals surface area contributed by atoms with E-state index in [-0.39, 0.29) is 6.54 Å². The molecule has 2 aliphatic heterocycles. The highest BCUT2D eigenvalue weighted by atomic mass is 35.5. The molecular formula is C36H39Cl2N5O4S. The van der Waals surface area contributed by atoms with E-state index < -0.39 is 16.1 Å². The third-order valence-corrected chi connectivity index (χ3v) is 10.5. The van der Waals surface area contributed by atoms with Gasteiger partial charge in [-0.2, -0.15) is 9.40 Å². The Bertz CT molecular complexity index is 1900. The number of aliphatic hydroxyl groups excluding tert-OH is 1. The first-order valence-corrected chi connectivity index (χ1v) is 18.6. The summed E-state index contributed by atoms with van der Waals surface area (Å²) < 4.78 is 33.8. The molecule has 1 fully saturated rings. The molecule has 0 spiro atoms. The van der Waals surface area contributed by atoms with Crippen molar-refractivity contribution in [3.05, 3.63) is 110 Å². The van der Waals surface area contributed by atoms with E-state index in [4.69, 9.17) is 33.0 Å². The van der Waals surface area contributed by atoms with Crippen molar-refractivity contribution >= 4 is 33.2 Å². The first-order chi connectivity index (χ1) is 23.1. The van der Waals surface area contributed by atoms with Gasteiger partial charge in [-0.3, -0.25) is 9.58 Å². The predicted octanol–water partition coefficient (Wildman–Crippen LogP) is 4.56. The number of rotatable bonds is 10. The second-order valence-corrected chi connectivity index (χ2v) is 15.1. The van der Waals surface area contributed by atoms with Crippen LogP contribution in [0.4, 0.5) is 0 Å². The normalized spacial score (nSPS) is 16.2. The van der Waals surface area contributed by atoms with Gasteiger partial charge in [-0.1, -0.05) is 65.4 Å². The third-order valence-electron chi connectivity index (χ3n) is 8.63. The number of hydrogen-bond donors (Lipinski definition) is 2. The number of morpholine rings is 1. The number of fused-ring (bicyclic) bond motifs is 1. The van der Waals surface area contributed by atoms with Crippen LogP contribution >= 0.6 is 23.2 Å². The molecule has 3 aromatic carbocycles. The highest BCUT2D eigenvalue weighted by molar-refractivity contribution is 7.88. The van der Waals surface area contributed by atoms with Crippen molar-refractivity contribution in [1.82, 2.24) is 24.3 Å². The Kier molecular flexibility index (Phi) is 11.2. The number of β-amino-alcohol motifs (C(OH)–C–C–N with tert-alkyl or cyclic N) is 1. The van der Waals surface area contributed by atoms with E-state index in [9.17, 15) is 13.5 Å². The first-order valence-electron chi connectivity index (χ1n) is 16.0. The van der Waals surface area contributed by atoms with Crippen LogP contribution in [0, 0.1) is 11.8 Å². The smallest absolute Gasteiger partial charge is 0.211 e. The van der Waals surface area contributed by atoms with Crippen LogP contribution in [-0.2, 0) is 47.4 Å². The molecule has 1 atom stereocenters. The molecule has 1 saturated heterocycles. The minimum Gasteiger partial charge on any atom is -0.390 e. The van der Waals surface area contributed by atoms with Gasteiger partial charge in [-0.05, 0) is 47.5 Å². The Labute approximate surface area is 292 Å². The highest BCUT2D eigenvalue weighted by Crippen LogP contribution is 2.33. The average molecular weight is 709 g/mol. The van der Waals surface area contributed by atoms with Crippen molar-refractivity contribution in [2.45, 2.75) is 38.7 Å². The summed E-state index contributed by atoms with van der Waals surface area (Å²) in [6.45, 7) is 5.76.